The van der Waals surface area contributed by atoms with Crippen LogP contribution in [0.1, 0.15) is 19.4 Å². The zero-order valence-electron chi connectivity index (χ0n) is 9.00. The first-order valence-electron chi connectivity index (χ1n) is 5.11. The van der Waals surface area contributed by atoms with Crippen LogP contribution in [0.15, 0.2) is 30.0 Å². The van der Waals surface area contributed by atoms with Gasteiger partial charge in [0.2, 0.25) is 0 Å². The number of halogens is 1. The first-order chi connectivity index (χ1) is 7.11. The number of para-hydroxylation sites is 1. The molecule has 80 valence electrons. The van der Waals surface area contributed by atoms with E-state index in [0.717, 1.165) is 12.2 Å². The smallest absolute Gasteiger partial charge is 0.0588 e. The Morgan fingerprint density at radius 2 is 2.00 bits per heavy atom. The highest BCUT2D eigenvalue weighted by molar-refractivity contribution is 14.1. The van der Waals surface area contributed by atoms with Crippen molar-refractivity contribution >= 4 is 31.9 Å². The van der Waals surface area contributed by atoms with Crippen LogP contribution < -0.4 is 10.6 Å². The van der Waals surface area contributed by atoms with Crippen molar-refractivity contribution in [3.05, 3.63) is 35.5 Å². The van der Waals surface area contributed by atoms with Crippen LogP contribution in [0.5, 0.6) is 0 Å². The Hall–Kier alpha value is -0.710. The van der Waals surface area contributed by atoms with Crippen LogP contribution in [0, 0.1) is 0 Å². The second-order valence-corrected chi connectivity index (χ2v) is 5.16. The second kappa shape index (κ2) is 4.04. The van der Waals surface area contributed by atoms with Gasteiger partial charge in [0.05, 0.1) is 6.54 Å². The summed E-state index contributed by atoms with van der Waals surface area (Å²) < 4.78 is 1.19. The Balaban J connectivity index is 2.55. The van der Waals surface area contributed by atoms with Crippen molar-refractivity contribution in [3.8, 4) is 0 Å². The Bertz CT molecular complexity index is 410. The summed E-state index contributed by atoms with van der Waals surface area (Å²) in [6.45, 7) is 5.23. The maximum atomic E-state index is 6.05. The molecule has 2 rings (SSSR count). The fourth-order valence-electron chi connectivity index (χ4n) is 1.88. The molecule has 0 bridgehead atoms. The fourth-order valence-corrected chi connectivity index (χ4v) is 2.51. The summed E-state index contributed by atoms with van der Waals surface area (Å²) in [6.07, 6.45) is 0. The van der Waals surface area contributed by atoms with E-state index >= 15 is 0 Å². The maximum absolute atomic E-state index is 6.05. The fraction of sp³-hybridized carbons (Fsp3) is 0.333. The molecule has 0 atom stereocenters. The highest BCUT2D eigenvalue weighted by atomic mass is 127. The largest absolute Gasteiger partial charge is 0.400 e. The lowest BCUT2D eigenvalue weighted by molar-refractivity contribution is 0.705. The number of benzene rings is 1. The third-order valence-electron chi connectivity index (χ3n) is 2.70. The maximum Gasteiger partial charge on any atom is 0.0588 e. The monoisotopic (exact) mass is 314 g/mol. The van der Waals surface area contributed by atoms with Gasteiger partial charge in [0.1, 0.15) is 0 Å². The third-order valence-corrected chi connectivity index (χ3v) is 3.97. The molecule has 0 saturated carbocycles. The van der Waals surface area contributed by atoms with Crippen LogP contribution in [0.4, 0.5) is 5.69 Å². The summed E-state index contributed by atoms with van der Waals surface area (Å²) >= 11 is 2.34. The summed E-state index contributed by atoms with van der Waals surface area (Å²) in [4.78, 5) is 2.34. The first-order valence-corrected chi connectivity index (χ1v) is 6.19. The Morgan fingerprint density at radius 1 is 1.33 bits per heavy atom. The lowest BCUT2D eigenvalue weighted by Gasteiger charge is -2.34. The van der Waals surface area contributed by atoms with Crippen LogP contribution in [0.25, 0.3) is 3.58 Å². The first kappa shape index (κ1) is 10.8. The molecule has 1 aromatic carbocycles. The van der Waals surface area contributed by atoms with Gasteiger partial charge in [0.25, 0.3) is 0 Å². The minimum absolute atomic E-state index is 0.481. The molecule has 15 heavy (non-hydrogen) atoms. The van der Waals surface area contributed by atoms with Gasteiger partial charge in [-0.15, -0.1) is 0 Å². The molecule has 1 aromatic rings. The van der Waals surface area contributed by atoms with Gasteiger partial charge in [-0.25, -0.2) is 0 Å². The predicted octanol–water partition coefficient (Wildman–Crippen LogP) is 2.98. The van der Waals surface area contributed by atoms with E-state index in [9.17, 15) is 0 Å². The molecule has 0 saturated heterocycles. The molecule has 2 N–H and O–H groups in total. The summed E-state index contributed by atoms with van der Waals surface area (Å²) in [5.41, 5.74) is 9.58. The van der Waals surface area contributed by atoms with Crippen molar-refractivity contribution in [1.29, 1.82) is 0 Å². The van der Waals surface area contributed by atoms with E-state index in [1.807, 2.05) is 0 Å². The SMILES string of the molecule is CC(C)N1CC(N)=C(I)c2ccccc21. The minimum atomic E-state index is 0.481. The summed E-state index contributed by atoms with van der Waals surface area (Å²) in [7, 11) is 0. The molecule has 1 aliphatic rings. The number of nitrogens with two attached hydrogens (primary N) is 1. The van der Waals surface area contributed by atoms with Gasteiger partial charge in [-0.05, 0) is 42.5 Å². The number of fused-ring (bicyclic) bond motifs is 1. The molecule has 3 heteroatoms. The average Bonchev–Trinajstić information content (AvgIpc) is 2.23. The van der Waals surface area contributed by atoms with Crippen molar-refractivity contribution in [2.45, 2.75) is 19.9 Å². The van der Waals surface area contributed by atoms with Crippen molar-refractivity contribution in [1.82, 2.24) is 0 Å². The Kier molecular flexibility index (Phi) is 2.91. The molecule has 0 aliphatic carbocycles. The number of nitrogens with zero attached hydrogens (tertiary/aromatic N) is 1. The summed E-state index contributed by atoms with van der Waals surface area (Å²) in [5, 5.41) is 0. The zero-order chi connectivity index (χ0) is 11.0. The molecule has 0 fully saturated rings. The van der Waals surface area contributed by atoms with E-state index in [1.165, 1.54) is 14.8 Å². The molecule has 0 spiro atoms. The number of anilines is 1. The van der Waals surface area contributed by atoms with Crippen LogP contribution in [0.3, 0.4) is 0 Å². The number of hydrogen-bond acceptors (Lipinski definition) is 2. The minimum Gasteiger partial charge on any atom is -0.400 e. The molecular weight excluding hydrogens is 299 g/mol. The standard InChI is InChI=1S/C12H15IN2/c1-8(2)15-7-10(14)12(13)9-5-3-4-6-11(9)15/h3-6,8H,7,14H2,1-2H3. The Morgan fingerprint density at radius 3 is 2.67 bits per heavy atom. The van der Waals surface area contributed by atoms with Gasteiger partial charge in [-0.3, -0.25) is 0 Å². The third kappa shape index (κ3) is 1.85. The Labute approximate surface area is 104 Å². The van der Waals surface area contributed by atoms with Crippen molar-refractivity contribution in [2.75, 3.05) is 11.4 Å². The highest BCUT2D eigenvalue weighted by Crippen LogP contribution is 2.37. The predicted molar refractivity (Wildman–Crippen MR) is 74.1 cm³/mol. The normalized spacial score (nSPS) is 15.9. The molecule has 1 heterocycles. The van der Waals surface area contributed by atoms with E-state index in [0.29, 0.717) is 6.04 Å². The molecule has 1 aliphatic heterocycles. The van der Waals surface area contributed by atoms with Gasteiger partial charge in [-0.1, -0.05) is 18.2 Å². The average molecular weight is 314 g/mol. The lowest BCUT2D eigenvalue weighted by Crippen LogP contribution is -2.37. The van der Waals surface area contributed by atoms with Crippen molar-refractivity contribution in [3.63, 3.8) is 0 Å². The van der Waals surface area contributed by atoms with Crippen LogP contribution in [-0.4, -0.2) is 12.6 Å². The molecule has 0 aromatic heterocycles. The molecule has 0 amide bonds. The van der Waals surface area contributed by atoms with Gasteiger partial charge >= 0.3 is 0 Å². The second-order valence-electron chi connectivity index (χ2n) is 4.08. The number of rotatable bonds is 1. The van der Waals surface area contributed by atoms with Crippen molar-refractivity contribution < 1.29 is 0 Å². The zero-order valence-corrected chi connectivity index (χ0v) is 11.2. The summed E-state index contributed by atoms with van der Waals surface area (Å²) in [6, 6.07) is 8.93. The van der Waals surface area contributed by atoms with E-state index < -0.39 is 0 Å². The molecule has 0 radical (unpaired) electrons. The van der Waals surface area contributed by atoms with Crippen molar-refractivity contribution in [2.24, 2.45) is 5.73 Å². The number of hydrogen-bond donors (Lipinski definition) is 1. The lowest BCUT2D eigenvalue weighted by atomic mass is 10.0. The van der Waals surface area contributed by atoms with E-state index in [1.54, 1.807) is 0 Å². The highest BCUT2D eigenvalue weighted by Gasteiger charge is 2.22. The van der Waals surface area contributed by atoms with Crippen LogP contribution >= 0.6 is 22.6 Å². The van der Waals surface area contributed by atoms with E-state index in [2.05, 4.69) is 65.6 Å². The van der Waals surface area contributed by atoms with Gasteiger partial charge < -0.3 is 10.6 Å². The topological polar surface area (TPSA) is 29.3 Å². The van der Waals surface area contributed by atoms with Gasteiger partial charge in [-0.2, -0.15) is 0 Å². The van der Waals surface area contributed by atoms with E-state index in [4.69, 9.17) is 5.73 Å². The molecule has 0 unspecified atom stereocenters. The summed E-state index contributed by atoms with van der Waals surface area (Å²) in [5.74, 6) is 0. The van der Waals surface area contributed by atoms with E-state index in [-0.39, 0.29) is 0 Å². The molecular formula is C12H15IN2. The molecule has 2 nitrogen and oxygen atoms in total. The van der Waals surface area contributed by atoms with Gasteiger partial charge in [0, 0.05) is 26.6 Å². The van der Waals surface area contributed by atoms with Crippen LogP contribution in [-0.2, 0) is 0 Å². The van der Waals surface area contributed by atoms with Crippen LogP contribution in [0.2, 0.25) is 0 Å². The quantitative estimate of drug-likeness (QED) is 0.808. The van der Waals surface area contributed by atoms with Gasteiger partial charge in [0.15, 0.2) is 0 Å².